The van der Waals surface area contributed by atoms with E-state index in [1.54, 1.807) is 28.9 Å². The van der Waals surface area contributed by atoms with E-state index in [4.69, 9.17) is 16.0 Å². The number of aryl methyl sites for hydroxylation is 1. The van der Waals surface area contributed by atoms with Gasteiger partial charge < -0.3 is 9.73 Å². The Morgan fingerprint density at radius 1 is 1.39 bits per heavy atom. The maximum absolute atomic E-state index is 13.1. The lowest BCUT2D eigenvalue weighted by Crippen LogP contribution is -2.12. The lowest BCUT2D eigenvalue weighted by atomic mass is 10.2. The second kappa shape index (κ2) is 6.26. The summed E-state index contributed by atoms with van der Waals surface area (Å²) in [5, 5.41) is 7.30. The molecule has 3 aromatic rings. The molecule has 0 saturated heterocycles. The standard InChI is InChI=1S/C16H13ClFN3O2/c1-10-7-15(19-16(22)14-3-2-6-23-14)20-21(10)9-11-4-5-12(18)8-13(11)17/h2-8H,9H2,1H3,(H,19,20,22). The van der Waals surface area contributed by atoms with Crippen LogP contribution in [-0.2, 0) is 6.54 Å². The fourth-order valence-corrected chi connectivity index (χ4v) is 2.36. The molecule has 5 nitrogen and oxygen atoms in total. The van der Waals surface area contributed by atoms with E-state index in [1.165, 1.54) is 18.4 Å². The third-order valence-electron chi connectivity index (χ3n) is 3.30. The molecular formula is C16H13ClFN3O2. The third-order valence-corrected chi connectivity index (χ3v) is 3.65. The number of carbonyl (C=O) groups is 1. The first-order valence-electron chi connectivity index (χ1n) is 6.86. The van der Waals surface area contributed by atoms with Crippen molar-refractivity contribution in [3.05, 3.63) is 70.5 Å². The van der Waals surface area contributed by atoms with Crippen molar-refractivity contribution in [3.8, 4) is 0 Å². The molecule has 1 aromatic carbocycles. The van der Waals surface area contributed by atoms with Crippen LogP contribution in [0, 0.1) is 12.7 Å². The molecule has 0 saturated carbocycles. The van der Waals surface area contributed by atoms with Gasteiger partial charge in [0.25, 0.3) is 5.91 Å². The van der Waals surface area contributed by atoms with Crippen LogP contribution in [0.4, 0.5) is 10.2 Å². The number of anilines is 1. The number of aromatic nitrogens is 2. The number of nitrogens with one attached hydrogen (secondary N) is 1. The zero-order valence-electron chi connectivity index (χ0n) is 12.2. The van der Waals surface area contributed by atoms with E-state index in [0.29, 0.717) is 17.4 Å². The molecule has 0 aliphatic heterocycles. The number of rotatable bonds is 4. The molecule has 0 radical (unpaired) electrons. The summed E-state index contributed by atoms with van der Waals surface area (Å²) in [6.07, 6.45) is 1.43. The van der Waals surface area contributed by atoms with Crippen LogP contribution in [0.15, 0.2) is 47.1 Å². The van der Waals surface area contributed by atoms with Gasteiger partial charge in [0, 0.05) is 16.8 Å². The topological polar surface area (TPSA) is 60.1 Å². The summed E-state index contributed by atoms with van der Waals surface area (Å²) in [5.41, 5.74) is 1.57. The van der Waals surface area contributed by atoms with E-state index >= 15 is 0 Å². The van der Waals surface area contributed by atoms with Gasteiger partial charge in [0.15, 0.2) is 11.6 Å². The smallest absolute Gasteiger partial charge is 0.292 e. The first-order valence-corrected chi connectivity index (χ1v) is 7.24. The predicted molar refractivity (Wildman–Crippen MR) is 84.1 cm³/mol. The number of hydrogen-bond acceptors (Lipinski definition) is 3. The van der Waals surface area contributed by atoms with Gasteiger partial charge in [-0.1, -0.05) is 17.7 Å². The van der Waals surface area contributed by atoms with Gasteiger partial charge in [0.05, 0.1) is 12.8 Å². The van der Waals surface area contributed by atoms with Crippen molar-refractivity contribution in [1.82, 2.24) is 9.78 Å². The summed E-state index contributed by atoms with van der Waals surface area (Å²) in [4.78, 5) is 11.9. The van der Waals surface area contributed by atoms with E-state index in [-0.39, 0.29) is 17.5 Å². The third kappa shape index (κ3) is 3.43. The summed E-state index contributed by atoms with van der Waals surface area (Å²) < 4.78 is 19.8. The highest BCUT2D eigenvalue weighted by Crippen LogP contribution is 2.20. The molecule has 2 heterocycles. The van der Waals surface area contributed by atoms with Crippen LogP contribution in [0.1, 0.15) is 21.8 Å². The molecule has 0 atom stereocenters. The monoisotopic (exact) mass is 333 g/mol. The Bertz CT molecular complexity index is 843. The van der Waals surface area contributed by atoms with Crippen LogP contribution in [0.5, 0.6) is 0 Å². The van der Waals surface area contributed by atoms with Crippen LogP contribution in [0.2, 0.25) is 5.02 Å². The Balaban J connectivity index is 1.77. The van der Waals surface area contributed by atoms with E-state index in [9.17, 15) is 9.18 Å². The van der Waals surface area contributed by atoms with E-state index < -0.39 is 0 Å². The Morgan fingerprint density at radius 2 is 2.22 bits per heavy atom. The van der Waals surface area contributed by atoms with Crippen molar-refractivity contribution < 1.29 is 13.6 Å². The minimum absolute atomic E-state index is 0.207. The lowest BCUT2D eigenvalue weighted by Gasteiger charge is -2.06. The maximum Gasteiger partial charge on any atom is 0.292 e. The highest BCUT2D eigenvalue weighted by molar-refractivity contribution is 6.31. The van der Waals surface area contributed by atoms with Crippen LogP contribution in [0.25, 0.3) is 0 Å². The number of halogens is 2. The SMILES string of the molecule is Cc1cc(NC(=O)c2ccco2)nn1Cc1ccc(F)cc1Cl. The summed E-state index contributed by atoms with van der Waals surface area (Å²) in [6, 6.07) is 9.15. The molecule has 118 valence electrons. The lowest BCUT2D eigenvalue weighted by molar-refractivity contribution is 0.0996. The van der Waals surface area contributed by atoms with E-state index in [1.807, 2.05) is 6.92 Å². The van der Waals surface area contributed by atoms with Gasteiger partial charge in [-0.3, -0.25) is 9.48 Å². The number of carbonyl (C=O) groups excluding carboxylic acids is 1. The number of nitrogens with zero attached hydrogens (tertiary/aromatic N) is 2. The van der Waals surface area contributed by atoms with E-state index in [2.05, 4.69) is 10.4 Å². The minimum Gasteiger partial charge on any atom is -0.459 e. The molecule has 23 heavy (non-hydrogen) atoms. The van der Waals surface area contributed by atoms with Crippen LogP contribution >= 0.6 is 11.6 Å². The van der Waals surface area contributed by atoms with Crippen molar-refractivity contribution in [2.24, 2.45) is 0 Å². The molecule has 0 bridgehead atoms. The Kier molecular flexibility index (Phi) is 4.16. The van der Waals surface area contributed by atoms with Gasteiger partial charge in [0.1, 0.15) is 5.82 Å². The van der Waals surface area contributed by atoms with Crippen molar-refractivity contribution in [2.45, 2.75) is 13.5 Å². The van der Waals surface area contributed by atoms with Crippen molar-refractivity contribution >= 4 is 23.3 Å². The zero-order valence-corrected chi connectivity index (χ0v) is 13.0. The molecule has 0 unspecified atom stereocenters. The van der Waals surface area contributed by atoms with Crippen LogP contribution in [-0.4, -0.2) is 15.7 Å². The highest BCUT2D eigenvalue weighted by atomic mass is 35.5. The van der Waals surface area contributed by atoms with Crippen molar-refractivity contribution in [3.63, 3.8) is 0 Å². The summed E-state index contributed by atoms with van der Waals surface area (Å²) in [6.45, 7) is 2.23. The quantitative estimate of drug-likeness (QED) is 0.788. The molecule has 2 aromatic heterocycles. The molecule has 3 rings (SSSR count). The molecular weight excluding hydrogens is 321 g/mol. The molecule has 0 spiro atoms. The number of furan rings is 1. The maximum atomic E-state index is 13.1. The first-order chi connectivity index (χ1) is 11.0. The summed E-state index contributed by atoms with van der Waals surface area (Å²) >= 11 is 6.03. The Labute approximate surface area is 136 Å². The van der Waals surface area contributed by atoms with Crippen molar-refractivity contribution in [2.75, 3.05) is 5.32 Å². The number of benzene rings is 1. The molecule has 7 heteroatoms. The van der Waals surface area contributed by atoms with E-state index in [0.717, 1.165) is 11.3 Å². The van der Waals surface area contributed by atoms with Gasteiger partial charge in [-0.25, -0.2) is 4.39 Å². The average molecular weight is 334 g/mol. The zero-order chi connectivity index (χ0) is 16.4. The first kappa shape index (κ1) is 15.3. The highest BCUT2D eigenvalue weighted by Gasteiger charge is 2.13. The average Bonchev–Trinajstić information content (AvgIpc) is 3.12. The molecule has 0 fully saturated rings. The number of amides is 1. The van der Waals surface area contributed by atoms with Crippen LogP contribution in [0.3, 0.4) is 0 Å². The normalized spacial score (nSPS) is 10.7. The molecule has 1 N–H and O–H groups in total. The fraction of sp³-hybridized carbons (Fsp3) is 0.125. The van der Waals surface area contributed by atoms with Crippen molar-refractivity contribution in [1.29, 1.82) is 0 Å². The van der Waals surface area contributed by atoms with Gasteiger partial charge in [0.2, 0.25) is 0 Å². The largest absolute Gasteiger partial charge is 0.459 e. The predicted octanol–water partition coefficient (Wildman–Crippen LogP) is 3.88. The fourth-order valence-electron chi connectivity index (χ4n) is 2.13. The second-order valence-corrected chi connectivity index (χ2v) is 5.40. The van der Waals surface area contributed by atoms with Gasteiger partial charge in [-0.15, -0.1) is 0 Å². The van der Waals surface area contributed by atoms with Gasteiger partial charge in [-0.2, -0.15) is 5.10 Å². The van der Waals surface area contributed by atoms with Gasteiger partial charge in [-0.05, 0) is 36.8 Å². The molecule has 0 aliphatic rings. The Morgan fingerprint density at radius 3 is 2.91 bits per heavy atom. The van der Waals surface area contributed by atoms with Gasteiger partial charge >= 0.3 is 0 Å². The number of hydrogen-bond donors (Lipinski definition) is 1. The minimum atomic E-state index is -0.387. The Hall–Kier alpha value is -2.60. The summed E-state index contributed by atoms with van der Waals surface area (Å²) in [7, 11) is 0. The molecule has 1 amide bonds. The summed E-state index contributed by atoms with van der Waals surface area (Å²) in [5.74, 6) is -0.150. The van der Waals surface area contributed by atoms with Crippen LogP contribution < -0.4 is 5.32 Å². The molecule has 0 aliphatic carbocycles. The second-order valence-electron chi connectivity index (χ2n) is 5.00.